The van der Waals surface area contributed by atoms with E-state index in [1.165, 1.54) is 0 Å². The van der Waals surface area contributed by atoms with Gasteiger partial charge in [-0.1, -0.05) is 35.0 Å². The third-order valence-electron chi connectivity index (χ3n) is 2.81. The van der Waals surface area contributed by atoms with Crippen molar-refractivity contribution in [2.45, 2.75) is 13.1 Å². The summed E-state index contributed by atoms with van der Waals surface area (Å²) in [6.45, 7) is 1.29. The minimum Gasteiger partial charge on any atom is -0.360 e. The SMILES string of the molecule is Clc1c(CNCc2ccno2)[nH]c2ccccc12. The molecule has 3 rings (SSSR count). The number of hydrogen-bond acceptors (Lipinski definition) is 3. The number of benzene rings is 1. The fraction of sp³-hybridized carbons (Fsp3) is 0.154. The summed E-state index contributed by atoms with van der Waals surface area (Å²) in [6.07, 6.45) is 1.63. The fourth-order valence-corrected chi connectivity index (χ4v) is 2.21. The van der Waals surface area contributed by atoms with E-state index in [2.05, 4.69) is 15.5 Å². The lowest BCUT2D eigenvalue weighted by Crippen LogP contribution is -2.12. The molecule has 2 heterocycles. The molecule has 0 saturated carbocycles. The Balaban J connectivity index is 1.73. The van der Waals surface area contributed by atoms with Crippen LogP contribution < -0.4 is 5.32 Å². The molecule has 0 aliphatic heterocycles. The Morgan fingerprint density at radius 1 is 1.22 bits per heavy atom. The number of para-hydroxylation sites is 1. The number of fused-ring (bicyclic) bond motifs is 1. The van der Waals surface area contributed by atoms with Crippen molar-refractivity contribution < 1.29 is 4.52 Å². The highest BCUT2D eigenvalue weighted by Crippen LogP contribution is 2.26. The molecule has 0 spiro atoms. The first kappa shape index (κ1) is 11.3. The molecule has 0 saturated heterocycles. The van der Waals surface area contributed by atoms with Crippen LogP contribution in [0.2, 0.25) is 5.02 Å². The van der Waals surface area contributed by atoms with E-state index in [-0.39, 0.29) is 0 Å². The molecule has 0 aliphatic carbocycles. The lowest BCUT2D eigenvalue weighted by atomic mass is 10.2. The molecule has 92 valence electrons. The first-order valence-electron chi connectivity index (χ1n) is 5.70. The number of aromatic amines is 1. The van der Waals surface area contributed by atoms with E-state index in [4.69, 9.17) is 16.1 Å². The number of nitrogens with zero attached hydrogens (tertiary/aromatic N) is 1. The quantitative estimate of drug-likeness (QED) is 0.759. The van der Waals surface area contributed by atoms with Crippen LogP contribution in [0.5, 0.6) is 0 Å². The summed E-state index contributed by atoms with van der Waals surface area (Å²) in [5.41, 5.74) is 2.04. The van der Waals surface area contributed by atoms with Gasteiger partial charge < -0.3 is 14.8 Å². The molecule has 0 aliphatic rings. The van der Waals surface area contributed by atoms with E-state index < -0.39 is 0 Å². The Bertz CT molecular complexity index is 645. The Labute approximate surface area is 109 Å². The second-order valence-electron chi connectivity index (χ2n) is 4.05. The van der Waals surface area contributed by atoms with Crippen LogP contribution in [0.15, 0.2) is 41.1 Å². The standard InChI is InChI=1S/C13H12ClN3O/c14-13-10-3-1-2-4-11(10)17-12(13)8-15-7-9-5-6-16-18-9/h1-6,15,17H,7-8H2. The minimum atomic E-state index is 0.631. The van der Waals surface area contributed by atoms with Gasteiger partial charge in [0, 0.05) is 29.2 Å². The number of rotatable bonds is 4. The van der Waals surface area contributed by atoms with Crippen LogP contribution in [-0.4, -0.2) is 10.1 Å². The molecule has 0 unspecified atom stereocenters. The van der Waals surface area contributed by atoms with Crippen LogP contribution in [0.1, 0.15) is 11.5 Å². The molecule has 0 amide bonds. The molecular formula is C13H12ClN3O. The van der Waals surface area contributed by atoms with Gasteiger partial charge in [-0.2, -0.15) is 0 Å². The van der Waals surface area contributed by atoms with Gasteiger partial charge in [-0.3, -0.25) is 0 Å². The van der Waals surface area contributed by atoms with Crippen LogP contribution in [0.25, 0.3) is 10.9 Å². The van der Waals surface area contributed by atoms with Gasteiger partial charge in [-0.15, -0.1) is 0 Å². The normalized spacial score (nSPS) is 11.2. The predicted molar refractivity (Wildman–Crippen MR) is 70.4 cm³/mol. The van der Waals surface area contributed by atoms with Crippen molar-refractivity contribution in [2.24, 2.45) is 0 Å². The minimum absolute atomic E-state index is 0.631. The number of aromatic nitrogens is 2. The lowest BCUT2D eigenvalue weighted by Gasteiger charge is -2.00. The van der Waals surface area contributed by atoms with Crippen molar-refractivity contribution in [1.29, 1.82) is 0 Å². The molecule has 2 aromatic heterocycles. The average molecular weight is 262 g/mol. The maximum Gasteiger partial charge on any atom is 0.150 e. The topological polar surface area (TPSA) is 53.9 Å². The van der Waals surface area contributed by atoms with E-state index in [9.17, 15) is 0 Å². The van der Waals surface area contributed by atoms with Crippen LogP contribution >= 0.6 is 11.6 Å². The number of halogens is 1. The average Bonchev–Trinajstić information content (AvgIpc) is 3.00. The Morgan fingerprint density at radius 3 is 2.89 bits per heavy atom. The Morgan fingerprint density at radius 2 is 2.11 bits per heavy atom. The molecule has 0 radical (unpaired) electrons. The first-order valence-corrected chi connectivity index (χ1v) is 6.08. The van der Waals surface area contributed by atoms with Gasteiger partial charge in [-0.05, 0) is 6.07 Å². The van der Waals surface area contributed by atoms with Crippen LogP contribution in [-0.2, 0) is 13.1 Å². The molecule has 5 heteroatoms. The van der Waals surface area contributed by atoms with Crippen molar-refractivity contribution in [2.75, 3.05) is 0 Å². The van der Waals surface area contributed by atoms with Gasteiger partial charge in [0.15, 0.2) is 0 Å². The molecular weight excluding hydrogens is 250 g/mol. The summed E-state index contributed by atoms with van der Waals surface area (Å²) in [4.78, 5) is 3.30. The van der Waals surface area contributed by atoms with E-state index in [1.54, 1.807) is 6.20 Å². The molecule has 4 nitrogen and oxygen atoms in total. The zero-order valence-corrected chi connectivity index (χ0v) is 10.4. The Hall–Kier alpha value is -1.78. The van der Waals surface area contributed by atoms with Crippen LogP contribution in [0, 0.1) is 0 Å². The smallest absolute Gasteiger partial charge is 0.150 e. The maximum atomic E-state index is 6.31. The summed E-state index contributed by atoms with van der Waals surface area (Å²) in [5.74, 6) is 0.808. The second-order valence-corrected chi connectivity index (χ2v) is 4.42. The van der Waals surface area contributed by atoms with Crippen molar-refractivity contribution in [3.8, 4) is 0 Å². The lowest BCUT2D eigenvalue weighted by molar-refractivity contribution is 0.372. The number of H-pyrrole nitrogens is 1. The van der Waals surface area contributed by atoms with Gasteiger partial charge in [0.1, 0.15) is 5.76 Å². The third-order valence-corrected chi connectivity index (χ3v) is 3.24. The van der Waals surface area contributed by atoms with Crippen LogP contribution in [0.4, 0.5) is 0 Å². The second kappa shape index (κ2) is 4.84. The van der Waals surface area contributed by atoms with E-state index >= 15 is 0 Å². The van der Waals surface area contributed by atoms with Crippen LogP contribution in [0.3, 0.4) is 0 Å². The molecule has 0 bridgehead atoms. The predicted octanol–water partition coefficient (Wildman–Crippen LogP) is 3.10. The third kappa shape index (κ3) is 2.12. The Kier molecular flexibility index (Phi) is 3.04. The van der Waals surface area contributed by atoms with Gasteiger partial charge >= 0.3 is 0 Å². The van der Waals surface area contributed by atoms with Crippen molar-refractivity contribution >= 4 is 22.5 Å². The molecule has 0 atom stereocenters. The van der Waals surface area contributed by atoms with Gasteiger partial charge in [0.05, 0.1) is 17.8 Å². The van der Waals surface area contributed by atoms with E-state index in [0.717, 1.165) is 27.4 Å². The summed E-state index contributed by atoms with van der Waals surface area (Å²) < 4.78 is 5.00. The zero-order valence-electron chi connectivity index (χ0n) is 9.61. The monoisotopic (exact) mass is 261 g/mol. The van der Waals surface area contributed by atoms with Gasteiger partial charge in [0.25, 0.3) is 0 Å². The maximum absolute atomic E-state index is 6.31. The number of nitrogens with one attached hydrogen (secondary N) is 2. The summed E-state index contributed by atoms with van der Waals surface area (Å²) in [6, 6.07) is 9.82. The van der Waals surface area contributed by atoms with Gasteiger partial charge in [-0.25, -0.2) is 0 Å². The van der Waals surface area contributed by atoms with Crippen molar-refractivity contribution in [3.63, 3.8) is 0 Å². The zero-order chi connectivity index (χ0) is 12.4. The van der Waals surface area contributed by atoms with E-state index in [1.807, 2.05) is 30.3 Å². The molecule has 0 fully saturated rings. The fourth-order valence-electron chi connectivity index (χ4n) is 1.93. The van der Waals surface area contributed by atoms with Crippen molar-refractivity contribution in [1.82, 2.24) is 15.5 Å². The molecule has 1 aromatic carbocycles. The first-order chi connectivity index (χ1) is 8.84. The molecule has 3 aromatic rings. The largest absolute Gasteiger partial charge is 0.360 e. The van der Waals surface area contributed by atoms with Gasteiger partial charge in [0.2, 0.25) is 0 Å². The van der Waals surface area contributed by atoms with Crippen molar-refractivity contribution in [3.05, 3.63) is 53.0 Å². The highest BCUT2D eigenvalue weighted by molar-refractivity contribution is 6.36. The summed E-state index contributed by atoms with van der Waals surface area (Å²) in [5, 5.41) is 8.73. The number of hydrogen-bond donors (Lipinski definition) is 2. The molecule has 2 N–H and O–H groups in total. The highest BCUT2D eigenvalue weighted by atomic mass is 35.5. The molecule has 18 heavy (non-hydrogen) atoms. The summed E-state index contributed by atoms with van der Waals surface area (Å²) in [7, 11) is 0. The highest BCUT2D eigenvalue weighted by Gasteiger charge is 2.08. The van der Waals surface area contributed by atoms with E-state index in [0.29, 0.717) is 13.1 Å². The summed E-state index contributed by atoms with van der Waals surface area (Å²) >= 11 is 6.31.